The summed E-state index contributed by atoms with van der Waals surface area (Å²) in [5.41, 5.74) is 3.42. The van der Waals surface area contributed by atoms with Gasteiger partial charge in [-0.25, -0.2) is 9.97 Å². The molecule has 0 atom stereocenters. The number of fused-ring (bicyclic) bond motifs is 2. The van der Waals surface area contributed by atoms with Gasteiger partial charge < -0.3 is 9.64 Å². The molecule has 0 aromatic carbocycles. The Hall–Kier alpha value is -2.28. The molecule has 0 N–H and O–H groups in total. The van der Waals surface area contributed by atoms with E-state index in [1.807, 2.05) is 31.1 Å². The molecule has 1 saturated heterocycles. The van der Waals surface area contributed by atoms with E-state index in [2.05, 4.69) is 23.9 Å². The highest BCUT2D eigenvalue weighted by atomic mass is 16.5. The van der Waals surface area contributed by atoms with Crippen LogP contribution in [-0.4, -0.2) is 50.3 Å². The fraction of sp³-hybridized carbons (Fsp3) is 0.600. The van der Waals surface area contributed by atoms with Gasteiger partial charge in [0.25, 0.3) is 5.91 Å². The predicted octanol–water partition coefficient (Wildman–Crippen LogP) is 2.35. The van der Waals surface area contributed by atoms with Gasteiger partial charge in [-0.05, 0) is 43.7 Å². The summed E-state index contributed by atoms with van der Waals surface area (Å²) in [6.45, 7) is 8.09. The number of ether oxygens (including phenoxy) is 1. The predicted molar refractivity (Wildman–Crippen MR) is 101 cm³/mol. The number of nitrogens with zero attached hydrogens (tertiary/aromatic N) is 5. The van der Waals surface area contributed by atoms with Crippen molar-refractivity contribution in [2.45, 2.75) is 51.6 Å². The van der Waals surface area contributed by atoms with Gasteiger partial charge in [-0.15, -0.1) is 0 Å². The minimum absolute atomic E-state index is 0.0432. The van der Waals surface area contributed by atoms with Crippen molar-refractivity contribution in [3.05, 3.63) is 40.7 Å². The zero-order valence-corrected chi connectivity index (χ0v) is 16.5. The number of aryl methyl sites for hydroxylation is 2. The van der Waals surface area contributed by atoms with Crippen LogP contribution >= 0.6 is 0 Å². The molecule has 144 valence electrons. The average molecular weight is 369 g/mol. The summed E-state index contributed by atoms with van der Waals surface area (Å²) in [6, 6.07) is 1.92. The van der Waals surface area contributed by atoms with Gasteiger partial charge in [-0.3, -0.25) is 9.48 Å². The molecule has 4 rings (SSSR count). The Morgan fingerprint density at radius 1 is 1.30 bits per heavy atom. The van der Waals surface area contributed by atoms with E-state index in [0.29, 0.717) is 31.3 Å². The van der Waals surface area contributed by atoms with E-state index in [1.54, 1.807) is 4.68 Å². The van der Waals surface area contributed by atoms with E-state index < -0.39 is 0 Å². The van der Waals surface area contributed by atoms with Gasteiger partial charge in [-0.1, -0.05) is 13.8 Å². The van der Waals surface area contributed by atoms with E-state index >= 15 is 0 Å². The molecule has 2 aromatic heterocycles. The summed E-state index contributed by atoms with van der Waals surface area (Å²) < 4.78 is 7.93. The van der Waals surface area contributed by atoms with Gasteiger partial charge >= 0.3 is 0 Å². The quantitative estimate of drug-likeness (QED) is 0.812. The van der Waals surface area contributed by atoms with Crippen LogP contribution in [-0.2, 0) is 23.8 Å². The van der Waals surface area contributed by atoms with E-state index in [4.69, 9.17) is 9.72 Å². The standard InChI is InChI=1S/C20H27N5O2/c1-13(2)16-11-17(24(4)23-16)19(26)25-8-6-20(7-9-25)18-15(5-10-27-20)12-21-14(3)22-18/h11-13H,5-10H2,1-4H3. The first-order chi connectivity index (χ1) is 12.9. The van der Waals surface area contributed by atoms with Crippen LogP contribution in [0, 0.1) is 6.92 Å². The number of hydrogen-bond acceptors (Lipinski definition) is 5. The molecule has 0 radical (unpaired) electrons. The average Bonchev–Trinajstić information content (AvgIpc) is 3.05. The van der Waals surface area contributed by atoms with Gasteiger partial charge in [0, 0.05) is 26.3 Å². The van der Waals surface area contributed by atoms with Crippen LogP contribution in [0.25, 0.3) is 0 Å². The van der Waals surface area contributed by atoms with Crippen molar-refractivity contribution in [1.82, 2.24) is 24.6 Å². The Labute approximate surface area is 159 Å². The minimum atomic E-state index is -0.381. The van der Waals surface area contributed by atoms with E-state index in [-0.39, 0.29) is 11.5 Å². The molecule has 0 bridgehead atoms. The molecule has 7 nitrogen and oxygen atoms in total. The third-order valence-corrected chi connectivity index (χ3v) is 5.73. The van der Waals surface area contributed by atoms with Crippen molar-refractivity contribution in [1.29, 1.82) is 0 Å². The maximum Gasteiger partial charge on any atom is 0.272 e. The van der Waals surface area contributed by atoms with Gasteiger partial charge in [0.15, 0.2) is 0 Å². The molecule has 0 aliphatic carbocycles. The van der Waals surface area contributed by atoms with Crippen molar-refractivity contribution in [3.63, 3.8) is 0 Å². The first-order valence-corrected chi connectivity index (χ1v) is 9.70. The van der Waals surface area contributed by atoms with Crippen LogP contribution < -0.4 is 0 Å². The molecular formula is C20H27N5O2. The third kappa shape index (κ3) is 3.14. The Balaban J connectivity index is 1.53. The van der Waals surface area contributed by atoms with E-state index in [0.717, 1.165) is 36.5 Å². The first kappa shape index (κ1) is 18.1. The fourth-order valence-corrected chi connectivity index (χ4v) is 4.08. The van der Waals surface area contributed by atoms with Gasteiger partial charge in [-0.2, -0.15) is 5.10 Å². The highest BCUT2D eigenvalue weighted by Gasteiger charge is 2.43. The second-order valence-electron chi connectivity index (χ2n) is 7.91. The summed E-state index contributed by atoms with van der Waals surface area (Å²) in [4.78, 5) is 24.0. The lowest BCUT2D eigenvalue weighted by molar-refractivity contribution is -0.0969. The Morgan fingerprint density at radius 3 is 2.70 bits per heavy atom. The van der Waals surface area contributed by atoms with Crippen molar-refractivity contribution in [2.75, 3.05) is 19.7 Å². The molecule has 2 aliphatic heterocycles. The first-order valence-electron chi connectivity index (χ1n) is 9.70. The Bertz CT molecular complexity index is 865. The molecule has 4 heterocycles. The van der Waals surface area contributed by atoms with E-state index in [9.17, 15) is 4.79 Å². The second kappa shape index (κ2) is 6.71. The molecule has 2 aromatic rings. The highest BCUT2D eigenvalue weighted by molar-refractivity contribution is 5.92. The topological polar surface area (TPSA) is 73.1 Å². The maximum absolute atomic E-state index is 13.0. The minimum Gasteiger partial charge on any atom is -0.368 e. The molecule has 1 spiro atoms. The molecule has 7 heteroatoms. The molecule has 0 unspecified atom stereocenters. The van der Waals surface area contributed by atoms with Crippen molar-refractivity contribution in [2.24, 2.45) is 7.05 Å². The second-order valence-corrected chi connectivity index (χ2v) is 7.91. The van der Waals surface area contributed by atoms with Crippen molar-refractivity contribution in [3.8, 4) is 0 Å². The number of carbonyl (C=O) groups is 1. The Kier molecular flexibility index (Phi) is 4.50. The summed E-state index contributed by atoms with van der Waals surface area (Å²) in [7, 11) is 1.84. The summed E-state index contributed by atoms with van der Waals surface area (Å²) in [5.74, 6) is 1.12. The number of carbonyl (C=O) groups excluding carboxylic acids is 1. The van der Waals surface area contributed by atoms with Crippen molar-refractivity contribution >= 4 is 5.91 Å². The van der Waals surface area contributed by atoms with Crippen LogP contribution in [0.3, 0.4) is 0 Å². The SMILES string of the molecule is Cc1ncc2c(n1)C1(CCN(C(=O)c3cc(C(C)C)nn3C)CC1)OCC2. The molecule has 1 fully saturated rings. The van der Waals surface area contributed by atoms with Crippen LogP contribution in [0.15, 0.2) is 12.3 Å². The zero-order chi connectivity index (χ0) is 19.2. The lowest BCUT2D eigenvalue weighted by Gasteiger charge is -2.44. The molecule has 2 aliphatic rings. The molecule has 27 heavy (non-hydrogen) atoms. The lowest BCUT2D eigenvalue weighted by Crippen LogP contribution is -2.49. The number of amides is 1. The van der Waals surface area contributed by atoms with Gasteiger partial charge in [0.1, 0.15) is 17.1 Å². The summed E-state index contributed by atoms with van der Waals surface area (Å²) in [6.07, 6.45) is 4.31. The van der Waals surface area contributed by atoms with Gasteiger partial charge in [0.2, 0.25) is 0 Å². The normalized spacial score (nSPS) is 18.8. The maximum atomic E-state index is 13.0. The third-order valence-electron chi connectivity index (χ3n) is 5.73. The summed E-state index contributed by atoms with van der Waals surface area (Å²) in [5, 5.41) is 4.48. The van der Waals surface area contributed by atoms with Crippen molar-refractivity contribution < 1.29 is 9.53 Å². The monoisotopic (exact) mass is 369 g/mol. The van der Waals surface area contributed by atoms with Crippen LogP contribution in [0.4, 0.5) is 0 Å². The van der Waals surface area contributed by atoms with Crippen LogP contribution in [0.1, 0.15) is 65.9 Å². The Morgan fingerprint density at radius 2 is 2.04 bits per heavy atom. The number of rotatable bonds is 2. The lowest BCUT2D eigenvalue weighted by atomic mass is 9.83. The fourth-order valence-electron chi connectivity index (χ4n) is 4.08. The smallest absolute Gasteiger partial charge is 0.272 e. The molecule has 1 amide bonds. The zero-order valence-electron chi connectivity index (χ0n) is 16.5. The highest BCUT2D eigenvalue weighted by Crippen LogP contribution is 2.40. The number of aromatic nitrogens is 4. The molecular weight excluding hydrogens is 342 g/mol. The largest absolute Gasteiger partial charge is 0.368 e. The van der Waals surface area contributed by atoms with Gasteiger partial charge in [0.05, 0.1) is 18.0 Å². The number of likely N-dealkylation sites (tertiary alicyclic amines) is 1. The number of hydrogen-bond donors (Lipinski definition) is 0. The van der Waals surface area contributed by atoms with Crippen LogP contribution in [0.5, 0.6) is 0 Å². The summed E-state index contributed by atoms with van der Waals surface area (Å²) >= 11 is 0. The number of piperidine rings is 1. The molecule has 0 saturated carbocycles. The van der Waals surface area contributed by atoms with E-state index in [1.165, 1.54) is 5.56 Å². The van der Waals surface area contributed by atoms with Crippen LogP contribution in [0.2, 0.25) is 0 Å².